The molecule has 0 unspecified atom stereocenters. The van der Waals surface area contributed by atoms with Crippen molar-refractivity contribution in [1.82, 2.24) is 0 Å². The van der Waals surface area contributed by atoms with E-state index in [1.54, 1.807) is 36.4 Å². The first kappa shape index (κ1) is 18.1. The first-order valence-electron chi connectivity index (χ1n) is 7.72. The minimum absolute atomic E-state index is 0.166. The fourth-order valence-electron chi connectivity index (χ4n) is 2.40. The Morgan fingerprint density at radius 1 is 1.00 bits per heavy atom. The Hall–Kier alpha value is -1.20. The summed E-state index contributed by atoms with van der Waals surface area (Å²) in [4.78, 5) is 0.301. The predicted molar refractivity (Wildman–Crippen MR) is 95.7 cm³/mol. The average molecular weight is 399 g/mol. The van der Waals surface area contributed by atoms with Crippen LogP contribution < -0.4 is 0 Å². The van der Waals surface area contributed by atoms with Gasteiger partial charge in [-0.25, -0.2) is 12.8 Å². The Kier molecular flexibility index (Phi) is 6.36. The number of benzene rings is 2. The molecule has 0 atom stereocenters. The molecule has 2 aromatic rings. The minimum Gasteiger partial charge on any atom is -0.224 e. The predicted octanol–water partition coefficient (Wildman–Crippen LogP) is 5.61. The molecule has 0 aromatic heterocycles. The standard InChI is InChI=1S/C18H20BrFO2S/c1-2-3-4-5-12-23(21,22)16-9-6-14(7-10-16)17-11-8-15(19)13-18(17)20/h6-11,13H,2-5,12H2,1H3. The molecule has 0 radical (unpaired) electrons. The van der Waals surface area contributed by atoms with Crippen LogP contribution in [0.3, 0.4) is 0 Å². The summed E-state index contributed by atoms with van der Waals surface area (Å²) in [5, 5.41) is 0. The van der Waals surface area contributed by atoms with Crippen LogP contribution in [0.1, 0.15) is 32.6 Å². The second-order valence-corrected chi connectivity index (χ2v) is 8.55. The van der Waals surface area contributed by atoms with E-state index in [0.29, 0.717) is 26.9 Å². The zero-order valence-corrected chi connectivity index (χ0v) is 15.5. The van der Waals surface area contributed by atoms with Crippen molar-refractivity contribution in [3.8, 4) is 11.1 Å². The van der Waals surface area contributed by atoms with Crippen LogP contribution in [-0.4, -0.2) is 14.2 Å². The zero-order chi connectivity index (χ0) is 16.9. The Bertz CT molecular complexity index is 755. The largest absolute Gasteiger partial charge is 0.224 e. The van der Waals surface area contributed by atoms with Crippen molar-refractivity contribution in [2.75, 3.05) is 5.75 Å². The Morgan fingerprint density at radius 3 is 2.30 bits per heavy atom. The fourth-order valence-corrected chi connectivity index (χ4v) is 4.11. The van der Waals surface area contributed by atoms with Crippen LogP contribution in [0.25, 0.3) is 11.1 Å². The molecule has 0 aliphatic rings. The smallest absolute Gasteiger partial charge is 0.178 e. The summed E-state index contributed by atoms with van der Waals surface area (Å²) in [6.45, 7) is 2.09. The van der Waals surface area contributed by atoms with Gasteiger partial charge in [-0.1, -0.05) is 60.3 Å². The first-order valence-corrected chi connectivity index (χ1v) is 10.2. The normalized spacial score (nSPS) is 11.6. The van der Waals surface area contributed by atoms with Crippen molar-refractivity contribution < 1.29 is 12.8 Å². The first-order chi connectivity index (χ1) is 10.9. The Labute approximate surface area is 145 Å². The number of rotatable bonds is 7. The van der Waals surface area contributed by atoms with Gasteiger partial charge in [0.2, 0.25) is 0 Å². The van der Waals surface area contributed by atoms with Crippen molar-refractivity contribution in [3.63, 3.8) is 0 Å². The molecule has 2 nitrogen and oxygen atoms in total. The molecule has 0 saturated heterocycles. The maximum absolute atomic E-state index is 14.0. The summed E-state index contributed by atoms with van der Waals surface area (Å²) in [5.41, 5.74) is 1.13. The van der Waals surface area contributed by atoms with Gasteiger partial charge >= 0.3 is 0 Å². The van der Waals surface area contributed by atoms with Crippen molar-refractivity contribution in [1.29, 1.82) is 0 Å². The maximum Gasteiger partial charge on any atom is 0.178 e. The molecule has 2 aromatic carbocycles. The highest BCUT2D eigenvalue weighted by atomic mass is 79.9. The Balaban J connectivity index is 2.15. The van der Waals surface area contributed by atoms with Gasteiger partial charge in [0, 0.05) is 10.0 Å². The highest BCUT2D eigenvalue weighted by molar-refractivity contribution is 9.10. The zero-order valence-electron chi connectivity index (χ0n) is 13.1. The molecule has 124 valence electrons. The molecular formula is C18H20BrFO2S. The second-order valence-electron chi connectivity index (χ2n) is 5.53. The maximum atomic E-state index is 14.0. The second kappa shape index (κ2) is 8.06. The van der Waals surface area contributed by atoms with E-state index < -0.39 is 9.84 Å². The van der Waals surface area contributed by atoms with Crippen molar-refractivity contribution in [2.24, 2.45) is 0 Å². The van der Waals surface area contributed by atoms with Gasteiger partial charge in [0.1, 0.15) is 5.82 Å². The summed E-state index contributed by atoms with van der Waals surface area (Å²) in [7, 11) is -3.26. The molecule has 0 bridgehead atoms. The van der Waals surface area contributed by atoms with Gasteiger partial charge in [-0.3, -0.25) is 0 Å². The van der Waals surface area contributed by atoms with Crippen molar-refractivity contribution >= 4 is 25.8 Å². The fraction of sp³-hybridized carbons (Fsp3) is 0.333. The third-order valence-corrected chi connectivity index (χ3v) is 6.03. The lowest BCUT2D eigenvalue weighted by Gasteiger charge is -2.07. The highest BCUT2D eigenvalue weighted by Crippen LogP contribution is 2.27. The lowest BCUT2D eigenvalue weighted by Crippen LogP contribution is -2.06. The van der Waals surface area contributed by atoms with Crippen LogP contribution in [0.5, 0.6) is 0 Å². The van der Waals surface area contributed by atoms with Crippen LogP contribution in [0.2, 0.25) is 0 Å². The van der Waals surface area contributed by atoms with Crippen LogP contribution in [-0.2, 0) is 9.84 Å². The lowest BCUT2D eigenvalue weighted by atomic mass is 10.1. The third kappa shape index (κ3) is 4.88. The SMILES string of the molecule is CCCCCCS(=O)(=O)c1ccc(-c2ccc(Br)cc2F)cc1. The van der Waals surface area contributed by atoms with E-state index in [-0.39, 0.29) is 11.6 Å². The van der Waals surface area contributed by atoms with Crippen LogP contribution in [0, 0.1) is 5.82 Å². The summed E-state index contributed by atoms with van der Waals surface area (Å²) >= 11 is 3.22. The van der Waals surface area contributed by atoms with E-state index in [4.69, 9.17) is 0 Å². The number of sulfone groups is 1. The molecule has 0 aliphatic heterocycles. The molecule has 0 N–H and O–H groups in total. The molecule has 5 heteroatoms. The van der Waals surface area contributed by atoms with E-state index in [0.717, 1.165) is 19.3 Å². The van der Waals surface area contributed by atoms with Gasteiger partial charge in [0.05, 0.1) is 10.6 Å². The molecule has 0 heterocycles. The van der Waals surface area contributed by atoms with Gasteiger partial charge in [0.25, 0.3) is 0 Å². The van der Waals surface area contributed by atoms with E-state index >= 15 is 0 Å². The molecule has 23 heavy (non-hydrogen) atoms. The summed E-state index contributed by atoms with van der Waals surface area (Å²) in [5.74, 6) is -0.173. The van der Waals surface area contributed by atoms with Gasteiger partial charge in [0.15, 0.2) is 9.84 Å². The molecular weight excluding hydrogens is 379 g/mol. The molecule has 0 spiro atoms. The molecule has 0 amide bonds. The number of hydrogen-bond acceptors (Lipinski definition) is 2. The van der Waals surface area contributed by atoms with Crippen molar-refractivity contribution in [3.05, 3.63) is 52.8 Å². The number of halogens is 2. The van der Waals surface area contributed by atoms with Gasteiger partial charge < -0.3 is 0 Å². The van der Waals surface area contributed by atoms with Gasteiger partial charge in [-0.2, -0.15) is 0 Å². The van der Waals surface area contributed by atoms with E-state index in [2.05, 4.69) is 22.9 Å². The monoisotopic (exact) mass is 398 g/mol. The van der Waals surface area contributed by atoms with Gasteiger partial charge in [-0.15, -0.1) is 0 Å². The molecule has 0 fully saturated rings. The minimum atomic E-state index is -3.26. The molecule has 0 aliphatic carbocycles. The van der Waals surface area contributed by atoms with Crippen molar-refractivity contribution in [2.45, 2.75) is 37.5 Å². The van der Waals surface area contributed by atoms with Crippen LogP contribution in [0.4, 0.5) is 4.39 Å². The van der Waals surface area contributed by atoms with Gasteiger partial charge in [-0.05, 0) is 36.2 Å². The lowest BCUT2D eigenvalue weighted by molar-refractivity contribution is 0.589. The van der Waals surface area contributed by atoms with E-state index in [1.165, 1.54) is 6.07 Å². The topological polar surface area (TPSA) is 34.1 Å². The average Bonchev–Trinajstić information content (AvgIpc) is 2.52. The van der Waals surface area contributed by atoms with Crippen LogP contribution in [0.15, 0.2) is 51.8 Å². The summed E-state index contributed by atoms with van der Waals surface area (Å²) in [6, 6.07) is 11.3. The highest BCUT2D eigenvalue weighted by Gasteiger charge is 2.14. The molecule has 2 rings (SSSR count). The Morgan fingerprint density at radius 2 is 1.70 bits per heavy atom. The van der Waals surface area contributed by atoms with Crippen LogP contribution >= 0.6 is 15.9 Å². The number of hydrogen-bond donors (Lipinski definition) is 0. The quantitative estimate of drug-likeness (QED) is 0.567. The molecule has 0 saturated carbocycles. The van der Waals surface area contributed by atoms with E-state index in [1.807, 2.05) is 0 Å². The third-order valence-electron chi connectivity index (χ3n) is 3.72. The number of unbranched alkanes of at least 4 members (excludes halogenated alkanes) is 3. The van der Waals surface area contributed by atoms with E-state index in [9.17, 15) is 12.8 Å². The summed E-state index contributed by atoms with van der Waals surface area (Å²) in [6.07, 6.45) is 3.74. The summed E-state index contributed by atoms with van der Waals surface area (Å²) < 4.78 is 39.2.